The Morgan fingerprint density at radius 1 is 1.64 bits per heavy atom. The van der Waals surface area contributed by atoms with E-state index in [0.717, 1.165) is 25.6 Å². The number of hydrogen-bond donors (Lipinski definition) is 1. The summed E-state index contributed by atoms with van der Waals surface area (Å²) in [5, 5.41) is 12.1. The van der Waals surface area contributed by atoms with Gasteiger partial charge in [-0.3, -0.25) is 0 Å². The van der Waals surface area contributed by atoms with Gasteiger partial charge in [0.2, 0.25) is 0 Å². The number of rotatable bonds is 4. The van der Waals surface area contributed by atoms with Gasteiger partial charge in [-0.2, -0.15) is 5.26 Å². The van der Waals surface area contributed by atoms with Gasteiger partial charge in [0.15, 0.2) is 0 Å². The normalized spacial score (nSPS) is 27.1. The van der Waals surface area contributed by atoms with Crippen LogP contribution in [0.3, 0.4) is 0 Å². The minimum atomic E-state index is -0.386. The Kier molecular flexibility index (Phi) is 3.91. The van der Waals surface area contributed by atoms with Crippen LogP contribution in [-0.4, -0.2) is 37.1 Å². The van der Waals surface area contributed by atoms with Crippen molar-refractivity contribution in [3.8, 4) is 6.07 Å². The van der Waals surface area contributed by atoms with Crippen LogP contribution < -0.4 is 5.32 Å². The molecule has 0 amide bonds. The minimum absolute atomic E-state index is 0.386. The molecule has 1 saturated heterocycles. The van der Waals surface area contributed by atoms with Crippen molar-refractivity contribution >= 4 is 0 Å². The molecule has 1 aliphatic heterocycles. The number of nitrogens with zero attached hydrogens (tertiary/aromatic N) is 2. The molecule has 0 saturated carbocycles. The Bertz CT molecular complexity index is 221. The molecule has 3 heteroatoms. The molecular formula is C11H21N3. The second kappa shape index (κ2) is 4.77. The molecule has 0 aliphatic carbocycles. The molecule has 1 heterocycles. The van der Waals surface area contributed by atoms with Gasteiger partial charge >= 0.3 is 0 Å². The minimum Gasteiger partial charge on any atom is -0.302 e. The van der Waals surface area contributed by atoms with Crippen LogP contribution in [0.15, 0.2) is 0 Å². The van der Waals surface area contributed by atoms with E-state index < -0.39 is 0 Å². The van der Waals surface area contributed by atoms with E-state index in [0.29, 0.717) is 0 Å². The molecule has 80 valence electrons. The van der Waals surface area contributed by atoms with Crippen molar-refractivity contribution in [1.82, 2.24) is 10.2 Å². The Balaban J connectivity index is 2.42. The van der Waals surface area contributed by atoms with Gasteiger partial charge in [0.25, 0.3) is 0 Å². The third-order valence-corrected chi connectivity index (χ3v) is 3.29. The zero-order valence-corrected chi connectivity index (χ0v) is 9.51. The third-order valence-electron chi connectivity index (χ3n) is 3.29. The number of nitriles is 1. The molecule has 0 bridgehead atoms. The van der Waals surface area contributed by atoms with Crippen LogP contribution in [0.5, 0.6) is 0 Å². The van der Waals surface area contributed by atoms with Crippen LogP contribution in [-0.2, 0) is 0 Å². The lowest BCUT2D eigenvalue weighted by molar-refractivity contribution is 0.260. The fraction of sp³-hybridized carbons (Fsp3) is 0.909. The van der Waals surface area contributed by atoms with E-state index in [2.05, 4.69) is 23.2 Å². The lowest BCUT2D eigenvalue weighted by atomic mass is 10.0. The van der Waals surface area contributed by atoms with Gasteiger partial charge in [-0.1, -0.05) is 13.3 Å². The molecule has 1 aliphatic rings. The molecule has 0 aromatic heterocycles. The molecule has 2 unspecified atom stereocenters. The van der Waals surface area contributed by atoms with Gasteiger partial charge < -0.3 is 10.2 Å². The van der Waals surface area contributed by atoms with Crippen LogP contribution >= 0.6 is 0 Å². The molecule has 14 heavy (non-hydrogen) atoms. The maximum Gasteiger partial charge on any atom is 0.116 e. The highest BCUT2D eigenvalue weighted by Crippen LogP contribution is 2.20. The molecule has 0 aromatic carbocycles. The number of likely N-dealkylation sites (tertiary alicyclic amines) is 1. The summed E-state index contributed by atoms with van der Waals surface area (Å²) in [4.78, 5) is 2.40. The summed E-state index contributed by atoms with van der Waals surface area (Å²) in [5.41, 5.74) is -0.386. The standard InChI is InChI=1S/C11H21N3/c1-4-10-5-6-14(7-10)9-11(2,8-12)13-3/h10,13H,4-7,9H2,1-3H3. The average Bonchev–Trinajstić information content (AvgIpc) is 2.65. The van der Waals surface area contributed by atoms with Crippen molar-refractivity contribution in [2.75, 3.05) is 26.7 Å². The Hall–Kier alpha value is -0.590. The van der Waals surface area contributed by atoms with Crippen molar-refractivity contribution < 1.29 is 0 Å². The van der Waals surface area contributed by atoms with E-state index in [1.165, 1.54) is 12.8 Å². The van der Waals surface area contributed by atoms with Gasteiger partial charge in [-0.25, -0.2) is 0 Å². The quantitative estimate of drug-likeness (QED) is 0.733. The maximum absolute atomic E-state index is 9.03. The first-order valence-electron chi connectivity index (χ1n) is 5.46. The van der Waals surface area contributed by atoms with Gasteiger partial charge in [-0.05, 0) is 32.9 Å². The Morgan fingerprint density at radius 2 is 2.36 bits per heavy atom. The second-order valence-electron chi connectivity index (χ2n) is 4.49. The highest BCUT2D eigenvalue weighted by molar-refractivity contribution is 5.05. The molecule has 0 radical (unpaired) electrons. The number of nitrogens with one attached hydrogen (secondary N) is 1. The molecule has 1 rings (SSSR count). The summed E-state index contributed by atoms with van der Waals surface area (Å²) in [6.45, 7) is 7.37. The maximum atomic E-state index is 9.03. The van der Waals surface area contributed by atoms with Crippen molar-refractivity contribution in [3.63, 3.8) is 0 Å². The molecule has 1 N–H and O–H groups in total. The average molecular weight is 195 g/mol. The van der Waals surface area contributed by atoms with Crippen LogP contribution in [0, 0.1) is 17.2 Å². The summed E-state index contributed by atoms with van der Waals surface area (Å²) in [6, 6.07) is 2.34. The first kappa shape index (κ1) is 11.5. The van der Waals surface area contributed by atoms with Crippen molar-refractivity contribution in [1.29, 1.82) is 5.26 Å². The summed E-state index contributed by atoms with van der Waals surface area (Å²) < 4.78 is 0. The highest BCUT2D eigenvalue weighted by atomic mass is 15.2. The monoisotopic (exact) mass is 195 g/mol. The van der Waals surface area contributed by atoms with Gasteiger partial charge in [0.05, 0.1) is 6.07 Å². The predicted octanol–water partition coefficient (Wildman–Crippen LogP) is 1.22. The lowest BCUT2D eigenvalue weighted by Crippen LogP contribution is -2.48. The number of likely N-dealkylation sites (N-methyl/N-ethyl adjacent to an activating group) is 1. The fourth-order valence-electron chi connectivity index (χ4n) is 2.01. The summed E-state index contributed by atoms with van der Waals surface area (Å²) in [7, 11) is 1.86. The zero-order chi connectivity index (χ0) is 10.6. The van der Waals surface area contributed by atoms with Gasteiger partial charge in [0, 0.05) is 13.1 Å². The molecule has 2 atom stereocenters. The largest absolute Gasteiger partial charge is 0.302 e. The van der Waals surface area contributed by atoms with E-state index in [4.69, 9.17) is 5.26 Å². The Morgan fingerprint density at radius 3 is 2.79 bits per heavy atom. The van der Waals surface area contributed by atoms with Crippen LogP contribution in [0.2, 0.25) is 0 Å². The first-order chi connectivity index (χ1) is 6.63. The molecule has 0 aromatic rings. The van der Waals surface area contributed by atoms with Crippen molar-refractivity contribution in [3.05, 3.63) is 0 Å². The van der Waals surface area contributed by atoms with Crippen molar-refractivity contribution in [2.45, 2.75) is 32.2 Å². The van der Waals surface area contributed by atoms with Gasteiger partial charge in [-0.15, -0.1) is 0 Å². The van der Waals surface area contributed by atoms with Crippen LogP contribution in [0.25, 0.3) is 0 Å². The van der Waals surface area contributed by atoms with E-state index >= 15 is 0 Å². The predicted molar refractivity (Wildman–Crippen MR) is 57.9 cm³/mol. The van der Waals surface area contributed by atoms with Crippen LogP contribution in [0.4, 0.5) is 0 Å². The highest BCUT2D eigenvalue weighted by Gasteiger charge is 2.29. The fourth-order valence-corrected chi connectivity index (χ4v) is 2.01. The zero-order valence-electron chi connectivity index (χ0n) is 9.51. The molecule has 0 spiro atoms. The second-order valence-corrected chi connectivity index (χ2v) is 4.49. The lowest BCUT2D eigenvalue weighted by Gasteiger charge is -2.27. The third kappa shape index (κ3) is 2.70. The van der Waals surface area contributed by atoms with Crippen molar-refractivity contribution in [2.24, 2.45) is 5.92 Å². The SMILES string of the molecule is CCC1CCN(CC(C)(C#N)NC)C1. The first-order valence-corrected chi connectivity index (χ1v) is 5.46. The summed E-state index contributed by atoms with van der Waals surface area (Å²) >= 11 is 0. The van der Waals surface area contributed by atoms with E-state index in [1.807, 2.05) is 14.0 Å². The Labute approximate surface area is 87.1 Å². The summed E-state index contributed by atoms with van der Waals surface area (Å²) in [5.74, 6) is 0.842. The topological polar surface area (TPSA) is 39.1 Å². The molecular weight excluding hydrogens is 174 g/mol. The smallest absolute Gasteiger partial charge is 0.116 e. The van der Waals surface area contributed by atoms with Crippen LogP contribution in [0.1, 0.15) is 26.7 Å². The summed E-state index contributed by atoms with van der Waals surface area (Å²) in [6.07, 6.45) is 2.56. The van der Waals surface area contributed by atoms with E-state index in [9.17, 15) is 0 Å². The number of hydrogen-bond acceptors (Lipinski definition) is 3. The van der Waals surface area contributed by atoms with E-state index in [1.54, 1.807) is 0 Å². The molecule has 3 nitrogen and oxygen atoms in total. The van der Waals surface area contributed by atoms with E-state index in [-0.39, 0.29) is 5.54 Å². The molecule has 1 fully saturated rings. The van der Waals surface area contributed by atoms with Gasteiger partial charge in [0.1, 0.15) is 5.54 Å².